The lowest BCUT2D eigenvalue weighted by atomic mass is 10.0. The van der Waals surface area contributed by atoms with Crippen LogP contribution < -0.4 is 10.2 Å². The van der Waals surface area contributed by atoms with E-state index in [-0.39, 0.29) is 17.5 Å². The van der Waals surface area contributed by atoms with E-state index in [0.717, 1.165) is 17.7 Å². The fourth-order valence-electron chi connectivity index (χ4n) is 2.66. The Balaban J connectivity index is 2.13. The van der Waals surface area contributed by atoms with Crippen molar-refractivity contribution in [1.82, 2.24) is 5.32 Å². The monoisotopic (exact) mass is 347 g/mol. The molecule has 4 nitrogen and oxygen atoms in total. The quantitative estimate of drug-likeness (QED) is 0.598. The van der Waals surface area contributed by atoms with Gasteiger partial charge >= 0.3 is 0 Å². The fraction of sp³-hybridized carbons (Fsp3) is 0.273. The Hall–Kier alpha value is -3.06. The molecule has 1 unspecified atom stereocenters. The largest absolute Gasteiger partial charge is 0.347 e. The smallest absolute Gasteiger partial charge is 0.263 e. The van der Waals surface area contributed by atoms with E-state index in [9.17, 15) is 10.1 Å². The molecule has 0 bridgehead atoms. The molecule has 134 valence electrons. The topological polar surface area (TPSA) is 56.1 Å². The summed E-state index contributed by atoms with van der Waals surface area (Å²) in [4.78, 5) is 14.4. The van der Waals surface area contributed by atoms with Crippen molar-refractivity contribution in [3.8, 4) is 6.07 Å². The highest BCUT2D eigenvalue weighted by Crippen LogP contribution is 2.17. The number of nitriles is 1. The number of nitrogens with one attached hydrogen (secondary N) is 1. The van der Waals surface area contributed by atoms with E-state index in [1.807, 2.05) is 67.3 Å². The molecule has 0 aliphatic heterocycles. The van der Waals surface area contributed by atoms with Gasteiger partial charge in [-0.25, -0.2) is 0 Å². The lowest BCUT2D eigenvalue weighted by Crippen LogP contribution is -2.29. The van der Waals surface area contributed by atoms with E-state index in [1.165, 1.54) is 5.56 Å². The van der Waals surface area contributed by atoms with Gasteiger partial charge in [0.15, 0.2) is 0 Å². The fourth-order valence-corrected chi connectivity index (χ4v) is 2.66. The predicted octanol–water partition coefficient (Wildman–Crippen LogP) is 4.36. The Labute approximate surface area is 155 Å². The number of rotatable bonds is 7. The minimum Gasteiger partial charge on any atom is -0.347 e. The van der Waals surface area contributed by atoms with Crippen LogP contribution in [-0.4, -0.2) is 12.5 Å². The van der Waals surface area contributed by atoms with Gasteiger partial charge in [0.2, 0.25) is 0 Å². The van der Waals surface area contributed by atoms with Gasteiger partial charge in [-0.2, -0.15) is 5.26 Å². The Morgan fingerprint density at radius 2 is 1.81 bits per heavy atom. The third-order valence-corrected chi connectivity index (χ3v) is 4.31. The summed E-state index contributed by atoms with van der Waals surface area (Å²) in [5, 5.41) is 12.3. The van der Waals surface area contributed by atoms with Crippen LogP contribution in [0.2, 0.25) is 0 Å². The lowest BCUT2D eigenvalue weighted by Gasteiger charge is -2.19. The van der Waals surface area contributed by atoms with Crippen molar-refractivity contribution in [3.63, 3.8) is 0 Å². The van der Waals surface area contributed by atoms with Crippen LogP contribution in [0.3, 0.4) is 0 Å². The standard InChI is InChI=1S/C22H25N3O/c1-4-18-11-13-19(14-12-18)17(3)24-22(26)20(15-23)16-25(5-2)21-9-7-6-8-10-21/h6-14,16-17H,4-5H2,1-3H3,(H,24,26)/b20-16-. The summed E-state index contributed by atoms with van der Waals surface area (Å²) in [5.74, 6) is -0.367. The second-order valence-corrected chi connectivity index (χ2v) is 6.07. The van der Waals surface area contributed by atoms with Crippen molar-refractivity contribution >= 4 is 11.6 Å². The molecule has 1 amide bonds. The summed E-state index contributed by atoms with van der Waals surface area (Å²) >= 11 is 0. The lowest BCUT2D eigenvalue weighted by molar-refractivity contribution is -0.117. The molecule has 0 heterocycles. The summed E-state index contributed by atoms with van der Waals surface area (Å²) in [7, 11) is 0. The number of hydrogen-bond donors (Lipinski definition) is 1. The molecule has 2 aromatic rings. The number of amides is 1. The summed E-state index contributed by atoms with van der Waals surface area (Å²) in [6.07, 6.45) is 2.59. The Bertz CT molecular complexity index is 788. The Kier molecular flexibility index (Phi) is 6.99. The van der Waals surface area contributed by atoms with Gasteiger partial charge in [-0.15, -0.1) is 0 Å². The number of benzene rings is 2. The second-order valence-electron chi connectivity index (χ2n) is 6.07. The molecule has 26 heavy (non-hydrogen) atoms. The van der Waals surface area contributed by atoms with Crippen LogP contribution in [0.15, 0.2) is 66.4 Å². The number of carbonyl (C=O) groups is 1. The maximum atomic E-state index is 12.5. The van der Waals surface area contributed by atoms with E-state index in [1.54, 1.807) is 6.20 Å². The van der Waals surface area contributed by atoms with Gasteiger partial charge in [-0.05, 0) is 43.5 Å². The molecular weight excluding hydrogens is 322 g/mol. The molecular formula is C22H25N3O. The first kappa shape index (κ1) is 19.3. The van der Waals surface area contributed by atoms with Crippen molar-refractivity contribution in [2.75, 3.05) is 11.4 Å². The molecule has 0 saturated carbocycles. The van der Waals surface area contributed by atoms with E-state index < -0.39 is 0 Å². The van der Waals surface area contributed by atoms with Crippen LogP contribution in [-0.2, 0) is 11.2 Å². The maximum absolute atomic E-state index is 12.5. The van der Waals surface area contributed by atoms with Crippen molar-refractivity contribution in [3.05, 3.63) is 77.5 Å². The molecule has 0 saturated heterocycles. The highest BCUT2D eigenvalue weighted by molar-refractivity contribution is 5.97. The molecule has 0 fully saturated rings. The van der Waals surface area contributed by atoms with Gasteiger partial charge in [0.25, 0.3) is 5.91 Å². The summed E-state index contributed by atoms with van der Waals surface area (Å²) < 4.78 is 0. The molecule has 0 spiro atoms. The molecule has 0 aliphatic rings. The van der Waals surface area contributed by atoms with Crippen molar-refractivity contribution in [1.29, 1.82) is 5.26 Å². The number of hydrogen-bond acceptors (Lipinski definition) is 3. The number of anilines is 1. The third kappa shape index (κ3) is 4.97. The van der Waals surface area contributed by atoms with Crippen LogP contribution in [0.4, 0.5) is 5.69 Å². The first-order valence-corrected chi connectivity index (χ1v) is 8.92. The van der Waals surface area contributed by atoms with E-state index in [0.29, 0.717) is 6.54 Å². The number of carbonyl (C=O) groups excluding carboxylic acids is 1. The maximum Gasteiger partial charge on any atom is 0.263 e. The molecule has 0 aliphatic carbocycles. The second kappa shape index (κ2) is 9.43. The normalized spacial score (nSPS) is 12.2. The summed E-state index contributed by atoms with van der Waals surface area (Å²) in [6.45, 7) is 6.67. The van der Waals surface area contributed by atoms with Gasteiger partial charge in [0, 0.05) is 18.4 Å². The first-order chi connectivity index (χ1) is 12.6. The van der Waals surface area contributed by atoms with Crippen LogP contribution in [0.25, 0.3) is 0 Å². The van der Waals surface area contributed by atoms with Gasteiger partial charge in [0.05, 0.1) is 6.04 Å². The van der Waals surface area contributed by atoms with Gasteiger partial charge in [-0.1, -0.05) is 49.4 Å². The molecule has 1 atom stereocenters. The zero-order valence-corrected chi connectivity index (χ0v) is 15.6. The first-order valence-electron chi connectivity index (χ1n) is 8.92. The molecule has 4 heteroatoms. The number of aryl methyl sites for hydroxylation is 1. The number of para-hydroxylation sites is 1. The van der Waals surface area contributed by atoms with Gasteiger partial charge < -0.3 is 10.2 Å². The molecule has 1 N–H and O–H groups in total. The Morgan fingerprint density at radius 3 is 2.35 bits per heavy atom. The minimum atomic E-state index is -0.367. The van der Waals surface area contributed by atoms with E-state index in [2.05, 4.69) is 24.4 Å². The van der Waals surface area contributed by atoms with Crippen LogP contribution in [0.1, 0.15) is 37.9 Å². The average Bonchev–Trinajstić information content (AvgIpc) is 2.69. The van der Waals surface area contributed by atoms with Crippen molar-refractivity contribution in [2.24, 2.45) is 0 Å². The number of nitrogens with zero attached hydrogens (tertiary/aromatic N) is 2. The molecule has 2 rings (SSSR count). The summed E-state index contributed by atoms with van der Waals surface area (Å²) in [6, 6.07) is 19.7. The van der Waals surface area contributed by atoms with Gasteiger partial charge in [-0.3, -0.25) is 4.79 Å². The molecule has 2 aromatic carbocycles. The average molecular weight is 347 g/mol. The SMILES string of the molecule is CCc1ccc(C(C)NC(=O)/C(C#N)=C\N(CC)c2ccccc2)cc1. The van der Waals surface area contributed by atoms with Crippen LogP contribution >= 0.6 is 0 Å². The Morgan fingerprint density at radius 1 is 1.15 bits per heavy atom. The third-order valence-electron chi connectivity index (χ3n) is 4.31. The molecule has 0 radical (unpaired) electrons. The van der Waals surface area contributed by atoms with Crippen LogP contribution in [0.5, 0.6) is 0 Å². The predicted molar refractivity (Wildman–Crippen MR) is 106 cm³/mol. The van der Waals surface area contributed by atoms with Crippen molar-refractivity contribution in [2.45, 2.75) is 33.2 Å². The van der Waals surface area contributed by atoms with E-state index in [4.69, 9.17) is 0 Å². The van der Waals surface area contributed by atoms with E-state index >= 15 is 0 Å². The molecule has 0 aromatic heterocycles. The zero-order chi connectivity index (χ0) is 18.9. The highest BCUT2D eigenvalue weighted by atomic mass is 16.1. The van der Waals surface area contributed by atoms with Gasteiger partial charge in [0.1, 0.15) is 11.6 Å². The minimum absolute atomic E-state index is 0.0905. The van der Waals surface area contributed by atoms with Crippen LogP contribution in [0, 0.1) is 11.3 Å². The summed E-state index contributed by atoms with van der Waals surface area (Å²) in [5.41, 5.74) is 3.31. The van der Waals surface area contributed by atoms with Crippen molar-refractivity contribution < 1.29 is 4.79 Å². The zero-order valence-electron chi connectivity index (χ0n) is 15.6. The highest BCUT2D eigenvalue weighted by Gasteiger charge is 2.15.